The number of hydrogen-bond acceptors (Lipinski definition) is 3. The lowest BCUT2D eigenvalue weighted by molar-refractivity contribution is -0.115. The number of pyridine rings is 1. The third-order valence-corrected chi connectivity index (χ3v) is 3.25. The van der Waals surface area contributed by atoms with Crippen LogP contribution in [0.5, 0.6) is 0 Å². The second-order valence-electron chi connectivity index (χ2n) is 4.41. The highest BCUT2D eigenvalue weighted by atomic mass is 35.5. The molecule has 5 heteroatoms. The van der Waals surface area contributed by atoms with E-state index in [4.69, 9.17) is 11.6 Å². The number of para-hydroxylation sites is 1. The molecule has 104 valence electrons. The highest BCUT2D eigenvalue weighted by Gasteiger charge is 2.08. The normalized spacial score (nSPS) is 11.9. The standard InChI is InChI=1S/C15H16ClN3O/c1-11(12-6-8-17-9-7-12)18-10-15(20)19-14-5-3-2-4-13(14)16/h2-9,11,18H,10H2,1H3,(H,19,20)/t11-/m0/s1. The predicted molar refractivity (Wildman–Crippen MR) is 80.7 cm³/mol. The number of anilines is 1. The van der Waals surface area contributed by atoms with Crippen LogP contribution in [-0.4, -0.2) is 17.4 Å². The van der Waals surface area contributed by atoms with Crippen molar-refractivity contribution in [2.45, 2.75) is 13.0 Å². The van der Waals surface area contributed by atoms with Crippen LogP contribution in [0, 0.1) is 0 Å². The first-order chi connectivity index (χ1) is 9.66. The number of amides is 1. The van der Waals surface area contributed by atoms with E-state index < -0.39 is 0 Å². The quantitative estimate of drug-likeness (QED) is 0.889. The van der Waals surface area contributed by atoms with Crippen molar-refractivity contribution in [1.82, 2.24) is 10.3 Å². The van der Waals surface area contributed by atoms with Gasteiger partial charge in [0.05, 0.1) is 17.3 Å². The number of nitrogens with zero attached hydrogens (tertiary/aromatic N) is 1. The molecule has 1 atom stereocenters. The Labute approximate surface area is 123 Å². The summed E-state index contributed by atoms with van der Waals surface area (Å²) in [7, 11) is 0. The second kappa shape index (κ2) is 7.03. The molecule has 0 unspecified atom stereocenters. The molecule has 2 rings (SSSR count). The van der Waals surface area contributed by atoms with Crippen molar-refractivity contribution >= 4 is 23.2 Å². The first kappa shape index (κ1) is 14.5. The van der Waals surface area contributed by atoms with E-state index in [0.29, 0.717) is 10.7 Å². The van der Waals surface area contributed by atoms with E-state index in [1.807, 2.05) is 31.2 Å². The largest absolute Gasteiger partial charge is 0.324 e. The summed E-state index contributed by atoms with van der Waals surface area (Å²) in [6.45, 7) is 2.22. The fourth-order valence-corrected chi connectivity index (χ4v) is 1.96. The monoisotopic (exact) mass is 289 g/mol. The Morgan fingerprint density at radius 2 is 1.95 bits per heavy atom. The molecule has 0 fully saturated rings. The fourth-order valence-electron chi connectivity index (χ4n) is 1.77. The molecule has 0 spiro atoms. The summed E-state index contributed by atoms with van der Waals surface area (Å²) in [6, 6.07) is 11.1. The predicted octanol–water partition coefficient (Wildman–Crippen LogP) is 3.02. The van der Waals surface area contributed by atoms with Crippen molar-refractivity contribution in [3.63, 3.8) is 0 Å². The van der Waals surface area contributed by atoms with Crippen molar-refractivity contribution < 1.29 is 4.79 Å². The van der Waals surface area contributed by atoms with Crippen LogP contribution < -0.4 is 10.6 Å². The molecule has 1 aromatic carbocycles. The zero-order valence-corrected chi connectivity index (χ0v) is 11.9. The number of benzene rings is 1. The molecule has 2 N–H and O–H groups in total. The molecule has 0 saturated heterocycles. The fraction of sp³-hybridized carbons (Fsp3) is 0.200. The van der Waals surface area contributed by atoms with Crippen LogP contribution in [0.4, 0.5) is 5.69 Å². The topological polar surface area (TPSA) is 54.0 Å². The Morgan fingerprint density at radius 3 is 2.65 bits per heavy atom. The van der Waals surface area contributed by atoms with Crippen molar-refractivity contribution in [3.05, 3.63) is 59.4 Å². The van der Waals surface area contributed by atoms with Gasteiger partial charge in [-0.25, -0.2) is 0 Å². The van der Waals surface area contributed by atoms with Crippen molar-refractivity contribution in [2.75, 3.05) is 11.9 Å². The number of carbonyl (C=O) groups is 1. The highest BCUT2D eigenvalue weighted by molar-refractivity contribution is 6.33. The van der Waals surface area contributed by atoms with Gasteiger partial charge in [0.1, 0.15) is 0 Å². The van der Waals surface area contributed by atoms with Crippen LogP contribution >= 0.6 is 11.6 Å². The minimum Gasteiger partial charge on any atom is -0.324 e. The van der Waals surface area contributed by atoms with Gasteiger partial charge >= 0.3 is 0 Å². The Hall–Kier alpha value is -1.91. The summed E-state index contributed by atoms with van der Waals surface area (Å²) < 4.78 is 0. The van der Waals surface area contributed by atoms with Crippen LogP contribution in [0.2, 0.25) is 5.02 Å². The van der Waals surface area contributed by atoms with Crippen LogP contribution in [0.25, 0.3) is 0 Å². The van der Waals surface area contributed by atoms with Crippen LogP contribution in [-0.2, 0) is 4.79 Å². The lowest BCUT2D eigenvalue weighted by atomic mass is 10.1. The van der Waals surface area contributed by atoms with Crippen molar-refractivity contribution in [1.29, 1.82) is 0 Å². The number of nitrogens with one attached hydrogen (secondary N) is 2. The van der Waals surface area contributed by atoms with E-state index in [-0.39, 0.29) is 18.5 Å². The van der Waals surface area contributed by atoms with Gasteiger partial charge < -0.3 is 10.6 Å². The maximum Gasteiger partial charge on any atom is 0.238 e. The zero-order valence-electron chi connectivity index (χ0n) is 11.1. The Kier molecular flexibility index (Phi) is 5.09. The third-order valence-electron chi connectivity index (χ3n) is 2.92. The van der Waals surface area contributed by atoms with Gasteiger partial charge in [-0.1, -0.05) is 23.7 Å². The second-order valence-corrected chi connectivity index (χ2v) is 4.82. The summed E-state index contributed by atoms with van der Waals surface area (Å²) in [5.74, 6) is -0.126. The summed E-state index contributed by atoms with van der Waals surface area (Å²) >= 11 is 5.98. The maximum absolute atomic E-state index is 11.9. The van der Waals surface area contributed by atoms with E-state index in [1.165, 1.54) is 0 Å². The number of halogens is 1. The third kappa shape index (κ3) is 4.05. The first-order valence-electron chi connectivity index (χ1n) is 6.34. The number of aromatic nitrogens is 1. The molecule has 4 nitrogen and oxygen atoms in total. The Balaban J connectivity index is 1.85. The van der Waals surface area contributed by atoms with Gasteiger partial charge in [0.25, 0.3) is 0 Å². The smallest absolute Gasteiger partial charge is 0.238 e. The van der Waals surface area contributed by atoms with E-state index >= 15 is 0 Å². The van der Waals surface area contributed by atoms with Gasteiger partial charge in [-0.2, -0.15) is 0 Å². The van der Waals surface area contributed by atoms with Gasteiger partial charge in [0.15, 0.2) is 0 Å². The minimum absolute atomic E-state index is 0.0787. The van der Waals surface area contributed by atoms with Gasteiger partial charge in [-0.3, -0.25) is 9.78 Å². The molecule has 1 heterocycles. The molecule has 0 saturated carbocycles. The Morgan fingerprint density at radius 1 is 1.25 bits per heavy atom. The lowest BCUT2D eigenvalue weighted by Gasteiger charge is -2.14. The highest BCUT2D eigenvalue weighted by Crippen LogP contribution is 2.20. The zero-order chi connectivity index (χ0) is 14.4. The molecule has 0 aliphatic rings. The molecule has 1 aromatic heterocycles. The molecule has 0 aliphatic heterocycles. The molecule has 0 bridgehead atoms. The first-order valence-corrected chi connectivity index (χ1v) is 6.72. The van der Waals surface area contributed by atoms with Crippen molar-refractivity contribution in [3.8, 4) is 0 Å². The molecule has 20 heavy (non-hydrogen) atoms. The summed E-state index contributed by atoms with van der Waals surface area (Å²) in [5.41, 5.74) is 1.71. The number of hydrogen-bond donors (Lipinski definition) is 2. The van der Waals surface area contributed by atoms with Gasteiger partial charge in [-0.15, -0.1) is 0 Å². The lowest BCUT2D eigenvalue weighted by Crippen LogP contribution is -2.30. The maximum atomic E-state index is 11.9. The van der Waals surface area contributed by atoms with Gasteiger partial charge in [0.2, 0.25) is 5.91 Å². The average Bonchev–Trinajstić information content (AvgIpc) is 2.48. The number of carbonyl (C=O) groups excluding carboxylic acids is 1. The summed E-state index contributed by atoms with van der Waals surface area (Å²) in [4.78, 5) is 15.8. The Bertz CT molecular complexity index is 574. The summed E-state index contributed by atoms with van der Waals surface area (Å²) in [5, 5.41) is 6.46. The average molecular weight is 290 g/mol. The van der Waals surface area contributed by atoms with Crippen LogP contribution in [0.1, 0.15) is 18.5 Å². The van der Waals surface area contributed by atoms with E-state index in [2.05, 4.69) is 15.6 Å². The number of rotatable bonds is 5. The van der Waals surface area contributed by atoms with E-state index in [0.717, 1.165) is 5.56 Å². The molecule has 0 radical (unpaired) electrons. The van der Waals surface area contributed by atoms with Crippen molar-refractivity contribution in [2.24, 2.45) is 0 Å². The van der Waals surface area contributed by atoms with Gasteiger partial charge in [0, 0.05) is 18.4 Å². The van der Waals surface area contributed by atoms with Gasteiger partial charge in [-0.05, 0) is 36.8 Å². The molecule has 1 amide bonds. The molecule has 0 aliphatic carbocycles. The summed E-state index contributed by atoms with van der Waals surface area (Å²) in [6.07, 6.45) is 3.47. The van der Waals surface area contributed by atoms with Crippen LogP contribution in [0.3, 0.4) is 0 Å². The van der Waals surface area contributed by atoms with E-state index in [9.17, 15) is 4.79 Å². The minimum atomic E-state index is -0.126. The SMILES string of the molecule is C[C@H](NCC(=O)Nc1ccccc1Cl)c1ccncc1. The molecular weight excluding hydrogens is 274 g/mol. The molecule has 2 aromatic rings. The molecular formula is C15H16ClN3O. The van der Waals surface area contributed by atoms with E-state index in [1.54, 1.807) is 24.5 Å². The van der Waals surface area contributed by atoms with Crippen LogP contribution in [0.15, 0.2) is 48.8 Å².